The van der Waals surface area contributed by atoms with Crippen LogP contribution >= 0.6 is 27.5 Å². The summed E-state index contributed by atoms with van der Waals surface area (Å²) in [6.45, 7) is 0. The van der Waals surface area contributed by atoms with Gasteiger partial charge in [-0.2, -0.15) is 5.10 Å². The van der Waals surface area contributed by atoms with Gasteiger partial charge in [0.2, 0.25) is 0 Å². The second-order valence-corrected chi connectivity index (χ2v) is 7.36. The largest absolute Gasteiger partial charge is 0.497 e. The Hall–Kier alpha value is -3.16. The van der Waals surface area contributed by atoms with Crippen molar-refractivity contribution in [2.45, 2.75) is 0 Å². The monoisotopic (exact) mass is 486 g/mol. The second-order valence-electron chi connectivity index (χ2n) is 6.01. The van der Waals surface area contributed by atoms with Crippen molar-refractivity contribution >= 4 is 45.6 Å². The van der Waals surface area contributed by atoms with Crippen LogP contribution in [0.2, 0.25) is 5.02 Å². The lowest BCUT2D eigenvalue weighted by molar-refractivity contribution is 0.0733. The average Bonchev–Trinajstić information content (AvgIpc) is 2.76. The molecule has 0 aliphatic heterocycles. The minimum absolute atomic E-state index is 0.244. The number of hydrogen-bond acceptors (Lipinski definition) is 5. The molecule has 3 aromatic rings. The molecule has 0 fully saturated rings. The third-order valence-corrected chi connectivity index (χ3v) is 4.72. The van der Waals surface area contributed by atoms with Crippen LogP contribution in [0.1, 0.15) is 26.3 Å². The van der Waals surface area contributed by atoms with Crippen molar-refractivity contribution in [3.8, 4) is 11.5 Å². The molecular formula is C22H16BrClN2O4. The number of halogens is 2. The number of benzene rings is 3. The smallest absolute Gasteiger partial charge is 0.343 e. The molecule has 1 amide bonds. The third kappa shape index (κ3) is 5.68. The molecule has 0 atom stereocenters. The van der Waals surface area contributed by atoms with E-state index in [4.69, 9.17) is 21.1 Å². The van der Waals surface area contributed by atoms with Crippen LogP contribution in [0.4, 0.5) is 0 Å². The van der Waals surface area contributed by atoms with Gasteiger partial charge in [-0.15, -0.1) is 0 Å². The minimum atomic E-state index is -0.565. The maximum atomic E-state index is 12.5. The van der Waals surface area contributed by atoms with E-state index in [1.54, 1.807) is 66.7 Å². The van der Waals surface area contributed by atoms with E-state index >= 15 is 0 Å². The van der Waals surface area contributed by atoms with Crippen molar-refractivity contribution in [3.05, 3.63) is 92.9 Å². The summed E-state index contributed by atoms with van der Waals surface area (Å²) in [6, 6.07) is 18.2. The van der Waals surface area contributed by atoms with Crippen molar-refractivity contribution in [1.82, 2.24) is 5.43 Å². The highest BCUT2D eigenvalue weighted by atomic mass is 79.9. The van der Waals surface area contributed by atoms with Gasteiger partial charge in [-0.3, -0.25) is 4.79 Å². The number of hydrogen-bond donors (Lipinski definition) is 1. The van der Waals surface area contributed by atoms with Crippen molar-refractivity contribution in [1.29, 1.82) is 0 Å². The van der Waals surface area contributed by atoms with Gasteiger partial charge in [0.05, 0.1) is 18.9 Å². The van der Waals surface area contributed by atoms with E-state index in [-0.39, 0.29) is 11.7 Å². The molecule has 0 aliphatic rings. The molecule has 6 nitrogen and oxygen atoms in total. The molecule has 0 aromatic heterocycles. The maximum absolute atomic E-state index is 12.5. The first-order valence-corrected chi connectivity index (χ1v) is 9.88. The first-order valence-electron chi connectivity index (χ1n) is 8.71. The van der Waals surface area contributed by atoms with E-state index < -0.39 is 5.97 Å². The summed E-state index contributed by atoms with van der Waals surface area (Å²) < 4.78 is 11.5. The number of amides is 1. The van der Waals surface area contributed by atoms with Crippen LogP contribution < -0.4 is 14.9 Å². The Labute approximate surface area is 186 Å². The standard InChI is InChI=1S/C22H16BrClN2O4/c1-29-19-4-2-3-15(12-19)22(28)30-20-10-9-18(24)11-16(20)13-25-26-21(27)14-5-7-17(23)8-6-14/h2-13H,1H3,(H,26,27)/b25-13+. The van der Waals surface area contributed by atoms with Crippen LogP contribution in [0, 0.1) is 0 Å². The zero-order valence-electron chi connectivity index (χ0n) is 15.8. The molecule has 0 heterocycles. The summed E-state index contributed by atoms with van der Waals surface area (Å²) in [7, 11) is 1.51. The molecule has 0 spiro atoms. The van der Waals surface area contributed by atoms with Gasteiger partial charge in [-0.25, -0.2) is 10.2 Å². The van der Waals surface area contributed by atoms with E-state index in [0.29, 0.717) is 27.5 Å². The Morgan fingerprint density at radius 2 is 1.80 bits per heavy atom. The van der Waals surface area contributed by atoms with E-state index in [2.05, 4.69) is 26.5 Å². The molecule has 30 heavy (non-hydrogen) atoms. The lowest BCUT2D eigenvalue weighted by Gasteiger charge is -2.09. The van der Waals surface area contributed by atoms with Gasteiger partial charge in [0.15, 0.2) is 0 Å². The topological polar surface area (TPSA) is 77.0 Å². The molecule has 0 saturated heterocycles. The van der Waals surface area contributed by atoms with Gasteiger partial charge in [0, 0.05) is 20.6 Å². The molecular weight excluding hydrogens is 472 g/mol. The van der Waals surface area contributed by atoms with Crippen LogP contribution in [0.3, 0.4) is 0 Å². The van der Waals surface area contributed by atoms with Crippen LogP contribution in [0.5, 0.6) is 11.5 Å². The van der Waals surface area contributed by atoms with Crippen molar-refractivity contribution in [3.63, 3.8) is 0 Å². The second kappa shape index (κ2) is 10.0. The van der Waals surface area contributed by atoms with E-state index in [9.17, 15) is 9.59 Å². The Kier molecular flexibility index (Phi) is 7.21. The average molecular weight is 488 g/mol. The predicted molar refractivity (Wildman–Crippen MR) is 119 cm³/mol. The summed E-state index contributed by atoms with van der Waals surface area (Å²) in [5.41, 5.74) is 3.63. The molecule has 0 radical (unpaired) electrons. The molecule has 152 valence electrons. The summed E-state index contributed by atoms with van der Waals surface area (Å²) in [6.07, 6.45) is 1.36. The normalized spacial score (nSPS) is 10.6. The van der Waals surface area contributed by atoms with Crippen molar-refractivity contribution in [2.75, 3.05) is 7.11 Å². The van der Waals surface area contributed by atoms with Crippen LogP contribution in [0.15, 0.2) is 76.3 Å². The van der Waals surface area contributed by atoms with Crippen LogP contribution in [0.25, 0.3) is 0 Å². The number of hydrazone groups is 1. The van der Waals surface area contributed by atoms with E-state index in [1.165, 1.54) is 13.3 Å². The lowest BCUT2D eigenvalue weighted by Crippen LogP contribution is -2.17. The minimum Gasteiger partial charge on any atom is -0.497 e. The zero-order valence-corrected chi connectivity index (χ0v) is 18.1. The van der Waals surface area contributed by atoms with Gasteiger partial charge in [-0.05, 0) is 60.7 Å². The van der Waals surface area contributed by atoms with Gasteiger partial charge >= 0.3 is 5.97 Å². The molecule has 1 N–H and O–H groups in total. The molecule has 0 saturated carbocycles. The first-order chi connectivity index (χ1) is 14.5. The molecule has 3 rings (SSSR count). The van der Waals surface area contributed by atoms with Gasteiger partial charge < -0.3 is 9.47 Å². The third-order valence-electron chi connectivity index (χ3n) is 3.96. The number of esters is 1. The van der Waals surface area contributed by atoms with Crippen LogP contribution in [-0.4, -0.2) is 25.2 Å². The van der Waals surface area contributed by atoms with Gasteiger partial charge in [-0.1, -0.05) is 33.6 Å². The maximum Gasteiger partial charge on any atom is 0.343 e. The van der Waals surface area contributed by atoms with Crippen molar-refractivity contribution < 1.29 is 19.1 Å². The summed E-state index contributed by atoms with van der Waals surface area (Å²) in [5, 5.41) is 4.37. The molecule has 3 aromatic carbocycles. The van der Waals surface area contributed by atoms with E-state index in [0.717, 1.165) is 4.47 Å². The fourth-order valence-electron chi connectivity index (χ4n) is 2.45. The quantitative estimate of drug-likeness (QED) is 0.227. The lowest BCUT2D eigenvalue weighted by atomic mass is 10.2. The Morgan fingerprint density at radius 3 is 2.53 bits per heavy atom. The number of methoxy groups -OCH3 is 1. The summed E-state index contributed by atoms with van der Waals surface area (Å²) >= 11 is 9.37. The predicted octanol–water partition coefficient (Wildman–Crippen LogP) is 5.09. The molecule has 8 heteroatoms. The number of nitrogens with one attached hydrogen (secondary N) is 1. The van der Waals surface area contributed by atoms with Crippen molar-refractivity contribution in [2.24, 2.45) is 5.10 Å². The fourth-order valence-corrected chi connectivity index (χ4v) is 2.89. The van der Waals surface area contributed by atoms with Crippen LogP contribution in [-0.2, 0) is 0 Å². The highest BCUT2D eigenvalue weighted by molar-refractivity contribution is 9.10. The number of nitrogens with zero attached hydrogens (tertiary/aromatic N) is 1. The summed E-state index contributed by atoms with van der Waals surface area (Å²) in [5.74, 6) is -0.160. The molecule has 0 aliphatic carbocycles. The number of rotatable bonds is 6. The Morgan fingerprint density at radius 1 is 1.03 bits per heavy atom. The van der Waals surface area contributed by atoms with Gasteiger partial charge in [0.25, 0.3) is 5.91 Å². The highest BCUT2D eigenvalue weighted by Crippen LogP contribution is 2.23. The van der Waals surface area contributed by atoms with E-state index in [1.807, 2.05) is 0 Å². The fraction of sp³-hybridized carbons (Fsp3) is 0.0455. The Balaban J connectivity index is 1.74. The first kappa shape index (κ1) is 21.5. The van der Waals surface area contributed by atoms with Gasteiger partial charge in [0.1, 0.15) is 11.5 Å². The SMILES string of the molecule is COc1cccc(C(=O)Oc2ccc(Cl)cc2/C=N/NC(=O)c2ccc(Br)cc2)c1. The Bertz CT molecular complexity index is 1100. The number of carbonyl (C=O) groups excluding carboxylic acids is 2. The molecule has 0 unspecified atom stereocenters. The zero-order chi connectivity index (χ0) is 21.5. The summed E-state index contributed by atoms with van der Waals surface area (Å²) in [4.78, 5) is 24.6. The number of carbonyl (C=O) groups is 2. The highest BCUT2D eigenvalue weighted by Gasteiger charge is 2.13. The molecule has 0 bridgehead atoms. The number of ether oxygens (including phenoxy) is 2.